The molecule has 1 aromatic carbocycles. The summed E-state index contributed by atoms with van der Waals surface area (Å²) in [4.78, 5) is 3.42. The predicted octanol–water partition coefficient (Wildman–Crippen LogP) is 2.03. The van der Waals surface area contributed by atoms with Gasteiger partial charge in [-0.15, -0.1) is 0 Å². The van der Waals surface area contributed by atoms with Gasteiger partial charge >= 0.3 is 0 Å². The highest BCUT2D eigenvalue weighted by Crippen LogP contribution is 2.31. The maximum Gasteiger partial charge on any atom is 0.119 e. The number of aromatic amines is 1. The highest BCUT2D eigenvalue weighted by molar-refractivity contribution is 5.86. The van der Waals surface area contributed by atoms with Gasteiger partial charge in [0.25, 0.3) is 0 Å². The van der Waals surface area contributed by atoms with Crippen molar-refractivity contribution < 1.29 is 9.84 Å². The van der Waals surface area contributed by atoms with Crippen molar-refractivity contribution in [3.63, 3.8) is 0 Å². The maximum atomic E-state index is 9.72. The van der Waals surface area contributed by atoms with Crippen LogP contribution < -0.4 is 4.74 Å². The first-order chi connectivity index (χ1) is 7.78. The molecule has 16 heavy (non-hydrogen) atoms. The van der Waals surface area contributed by atoms with E-state index in [1.165, 1.54) is 16.6 Å². The van der Waals surface area contributed by atoms with E-state index in [1.54, 1.807) is 7.11 Å². The molecule has 0 saturated heterocycles. The Morgan fingerprint density at radius 2 is 2.31 bits per heavy atom. The van der Waals surface area contributed by atoms with Gasteiger partial charge in [0.15, 0.2) is 0 Å². The smallest absolute Gasteiger partial charge is 0.119 e. The minimum atomic E-state index is -0.197. The zero-order valence-corrected chi connectivity index (χ0v) is 9.29. The number of hydrogen-bond acceptors (Lipinski definition) is 2. The van der Waals surface area contributed by atoms with Crippen LogP contribution in [0.2, 0.25) is 0 Å². The zero-order valence-electron chi connectivity index (χ0n) is 9.29. The van der Waals surface area contributed by atoms with E-state index in [1.807, 2.05) is 18.2 Å². The van der Waals surface area contributed by atoms with Crippen molar-refractivity contribution in [2.24, 2.45) is 0 Å². The quantitative estimate of drug-likeness (QED) is 0.767. The number of hydrogen-bond donors (Lipinski definition) is 2. The van der Waals surface area contributed by atoms with Crippen LogP contribution in [0.4, 0.5) is 0 Å². The molecule has 0 amide bonds. The molecule has 3 rings (SSSR count). The van der Waals surface area contributed by atoms with E-state index in [0.717, 1.165) is 30.5 Å². The fraction of sp³-hybridized carbons (Fsp3) is 0.385. The Morgan fingerprint density at radius 1 is 1.44 bits per heavy atom. The lowest BCUT2D eigenvalue weighted by Crippen LogP contribution is -2.17. The van der Waals surface area contributed by atoms with Crippen molar-refractivity contribution in [2.75, 3.05) is 7.11 Å². The summed E-state index contributed by atoms with van der Waals surface area (Å²) < 4.78 is 5.23. The molecule has 1 atom stereocenters. The van der Waals surface area contributed by atoms with Crippen LogP contribution in [-0.4, -0.2) is 23.3 Å². The third kappa shape index (κ3) is 1.39. The molecular formula is C13H15NO2. The number of H-pyrrole nitrogens is 1. The van der Waals surface area contributed by atoms with Crippen LogP contribution in [0.3, 0.4) is 0 Å². The summed E-state index contributed by atoms with van der Waals surface area (Å²) >= 11 is 0. The van der Waals surface area contributed by atoms with Crippen molar-refractivity contribution in [2.45, 2.75) is 25.4 Å². The fourth-order valence-electron chi connectivity index (χ4n) is 2.50. The summed E-state index contributed by atoms with van der Waals surface area (Å²) in [6, 6.07) is 6.04. The van der Waals surface area contributed by atoms with Crippen LogP contribution in [0.5, 0.6) is 5.75 Å². The Balaban J connectivity index is 2.20. The standard InChI is InChI=1S/C13H15NO2/c1-16-9-3-5-13-11(7-9)10-6-8(15)2-4-12(10)14-13/h3,5,7-8,14-15H,2,4,6H2,1H3/t8-/m1/s1. The second-order valence-electron chi connectivity index (χ2n) is 4.39. The predicted molar refractivity (Wildman–Crippen MR) is 62.9 cm³/mol. The van der Waals surface area contributed by atoms with E-state index < -0.39 is 0 Å². The molecule has 0 unspecified atom stereocenters. The van der Waals surface area contributed by atoms with E-state index in [9.17, 15) is 5.11 Å². The molecule has 2 N–H and O–H groups in total. The lowest BCUT2D eigenvalue weighted by atomic mass is 9.93. The molecule has 0 fully saturated rings. The van der Waals surface area contributed by atoms with Crippen molar-refractivity contribution in [3.8, 4) is 5.75 Å². The van der Waals surface area contributed by atoms with Gasteiger partial charge in [-0.3, -0.25) is 0 Å². The first kappa shape index (κ1) is 9.73. The Bertz CT molecular complexity index is 530. The van der Waals surface area contributed by atoms with Gasteiger partial charge in [-0.25, -0.2) is 0 Å². The molecule has 0 saturated carbocycles. The Labute approximate surface area is 94.0 Å². The highest BCUT2D eigenvalue weighted by Gasteiger charge is 2.20. The van der Waals surface area contributed by atoms with Gasteiger partial charge in [0.2, 0.25) is 0 Å². The minimum Gasteiger partial charge on any atom is -0.497 e. The second-order valence-corrected chi connectivity index (χ2v) is 4.39. The number of methoxy groups -OCH3 is 1. The summed E-state index contributed by atoms with van der Waals surface area (Å²) in [7, 11) is 1.68. The van der Waals surface area contributed by atoms with Gasteiger partial charge in [-0.2, -0.15) is 0 Å². The number of nitrogens with one attached hydrogen (secondary N) is 1. The number of fused-ring (bicyclic) bond motifs is 3. The van der Waals surface area contributed by atoms with Gasteiger partial charge in [-0.1, -0.05) is 0 Å². The van der Waals surface area contributed by atoms with E-state index in [2.05, 4.69) is 4.98 Å². The van der Waals surface area contributed by atoms with Gasteiger partial charge < -0.3 is 14.8 Å². The first-order valence-corrected chi connectivity index (χ1v) is 5.63. The van der Waals surface area contributed by atoms with Crippen molar-refractivity contribution in [1.29, 1.82) is 0 Å². The molecule has 2 aromatic rings. The monoisotopic (exact) mass is 217 g/mol. The van der Waals surface area contributed by atoms with Crippen molar-refractivity contribution in [1.82, 2.24) is 4.98 Å². The maximum absolute atomic E-state index is 9.72. The number of benzene rings is 1. The lowest BCUT2D eigenvalue weighted by molar-refractivity contribution is 0.158. The number of ether oxygens (including phenoxy) is 1. The molecule has 3 heteroatoms. The van der Waals surface area contributed by atoms with Crippen molar-refractivity contribution >= 4 is 10.9 Å². The van der Waals surface area contributed by atoms with Crippen LogP contribution in [0.25, 0.3) is 10.9 Å². The molecule has 0 radical (unpaired) electrons. The van der Waals surface area contributed by atoms with Crippen LogP contribution in [0, 0.1) is 0 Å². The first-order valence-electron chi connectivity index (χ1n) is 5.63. The van der Waals surface area contributed by atoms with Gasteiger partial charge in [0.05, 0.1) is 13.2 Å². The van der Waals surface area contributed by atoms with Crippen LogP contribution in [-0.2, 0) is 12.8 Å². The zero-order chi connectivity index (χ0) is 11.1. The third-order valence-electron chi connectivity index (χ3n) is 3.37. The molecule has 1 aliphatic carbocycles. The van der Waals surface area contributed by atoms with E-state index in [4.69, 9.17) is 4.74 Å². The summed E-state index contributed by atoms with van der Waals surface area (Å²) in [5, 5.41) is 10.9. The molecular weight excluding hydrogens is 202 g/mol. The topological polar surface area (TPSA) is 45.2 Å². The molecule has 3 nitrogen and oxygen atoms in total. The molecule has 0 spiro atoms. The Kier molecular flexibility index (Phi) is 2.14. The van der Waals surface area contributed by atoms with Crippen LogP contribution in [0.1, 0.15) is 17.7 Å². The molecule has 0 bridgehead atoms. The lowest BCUT2D eigenvalue weighted by Gasteiger charge is -2.17. The second kappa shape index (κ2) is 3.52. The van der Waals surface area contributed by atoms with Gasteiger partial charge in [0, 0.05) is 23.0 Å². The minimum absolute atomic E-state index is 0.197. The number of aliphatic hydroxyl groups excluding tert-OH is 1. The Hall–Kier alpha value is -1.48. The third-order valence-corrected chi connectivity index (χ3v) is 3.37. The largest absolute Gasteiger partial charge is 0.497 e. The van der Waals surface area contributed by atoms with Crippen LogP contribution >= 0.6 is 0 Å². The molecule has 1 heterocycles. The number of rotatable bonds is 1. The van der Waals surface area contributed by atoms with Crippen molar-refractivity contribution in [3.05, 3.63) is 29.5 Å². The molecule has 0 aliphatic heterocycles. The summed E-state index contributed by atoms with van der Waals surface area (Å²) in [6.45, 7) is 0. The SMILES string of the molecule is COc1ccc2[nH]c3c(c2c1)C[C@H](O)CC3. The number of aryl methyl sites for hydroxylation is 1. The molecule has 1 aromatic heterocycles. The summed E-state index contributed by atoms with van der Waals surface area (Å²) in [6.07, 6.45) is 2.35. The highest BCUT2D eigenvalue weighted by atomic mass is 16.5. The normalized spacial score (nSPS) is 19.8. The van der Waals surface area contributed by atoms with Gasteiger partial charge in [-0.05, 0) is 36.6 Å². The average Bonchev–Trinajstić information content (AvgIpc) is 2.66. The van der Waals surface area contributed by atoms with E-state index >= 15 is 0 Å². The number of aliphatic hydroxyl groups is 1. The van der Waals surface area contributed by atoms with Gasteiger partial charge in [0.1, 0.15) is 5.75 Å². The summed E-state index contributed by atoms with van der Waals surface area (Å²) in [5.41, 5.74) is 3.67. The Morgan fingerprint density at radius 3 is 3.12 bits per heavy atom. The van der Waals surface area contributed by atoms with E-state index in [0.29, 0.717) is 0 Å². The van der Waals surface area contributed by atoms with Crippen LogP contribution in [0.15, 0.2) is 18.2 Å². The average molecular weight is 217 g/mol. The number of aromatic nitrogens is 1. The summed E-state index contributed by atoms with van der Waals surface area (Å²) in [5.74, 6) is 0.870. The fourth-order valence-corrected chi connectivity index (χ4v) is 2.50. The molecule has 1 aliphatic rings. The van der Waals surface area contributed by atoms with E-state index in [-0.39, 0.29) is 6.10 Å². The molecule has 84 valence electrons.